The van der Waals surface area contributed by atoms with Gasteiger partial charge in [-0.1, -0.05) is 0 Å². The predicted octanol–water partition coefficient (Wildman–Crippen LogP) is 0.418. The summed E-state index contributed by atoms with van der Waals surface area (Å²) < 4.78 is 1.65. The Morgan fingerprint density at radius 3 is 2.53 bits per heavy atom. The minimum atomic E-state index is -0.463. The van der Waals surface area contributed by atoms with Gasteiger partial charge in [-0.15, -0.1) is 0 Å². The van der Waals surface area contributed by atoms with Gasteiger partial charge in [-0.3, -0.25) is 9.48 Å². The molecule has 0 radical (unpaired) electrons. The number of hydrogen-bond acceptors (Lipinski definition) is 5. The number of rotatable bonds is 4. The fraction of sp³-hybridized carbons (Fsp3) is 0.333. The van der Waals surface area contributed by atoms with Crippen LogP contribution in [0.4, 0.5) is 5.69 Å². The SMILES string of the molecule is CNC(C(=O)Nc1cnc(C)nc1)c1cnn(C)c1. The maximum Gasteiger partial charge on any atom is 0.246 e. The Bertz CT molecular complexity index is 562. The highest BCUT2D eigenvalue weighted by Crippen LogP contribution is 2.14. The summed E-state index contributed by atoms with van der Waals surface area (Å²) in [6.45, 7) is 1.79. The summed E-state index contributed by atoms with van der Waals surface area (Å²) in [7, 11) is 3.53. The second-order valence-electron chi connectivity index (χ2n) is 4.18. The van der Waals surface area contributed by atoms with E-state index in [2.05, 4.69) is 25.7 Å². The lowest BCUT2D eigenvalue weighted by Gasteiger charge is -2.14. The van der Waals surface area contributed by atoms with E-state index in [1.54, 1.807) is 43.4 Å². The fourth-order valence-corrected chi connectivity index (χ4v) is 1.71. The van der Waals surface area contributed by atoms with Gasteiger partial charge < -0.3 is 10.6 Å². The number of nitrogens with zero attached hydrogens (tertiary/aromatic N) is 4. The first kappa shape index (κ1) is 13.2. The van der Waals surface area contributed by atoms with E-state index >= 15 is 0 Å². The normalized spacial score (nSPS) is 12.2. The van der Waals surface area contributed by atoms with Crippen LogP contribution in [0.3, 0.4) is 0 Å². The lowest BCUT2D eigenvalue weighted by Crippen LogP contribution is -2.30. The van der Waals surface area contributed by atoms with Crippen molar-refractivity contribution in [3.05, 3.63) is 36.2 Å². The average molecular weight is 260 g/mol. The molecule has 1 unspecified atom stereocenters. The number of carbonyl (C=O) groups excluding carboxylic acids is 1. The summed E-state index contributed by atoms with van der Waals surface area (Å²) in [5.74, 6) is 0.485. The summed E-state index contributed by atoms with van der Waals surface area (Å²) >= 11 is 0. The van der Waals surface area contributed by atoms with Crippen molar-refractivity contribution in [3.8, 4) is 0 Å². The van der Waals surface area contributed by atoms with Gasteiger partial charge in [0.15, 0.2) is 0 Å². The van der Waals surface area contributed by atoms with Crippen molar-refractivity contribution >= 4 is 11.6 Å². The van der Waals surface area contributed by atoms with Crippen LogP contribution in [0, 0.1) is 6.92 Å². The Labute approximate surface area is 111 Å². The smallest absolute Gasteiger partial charge is 0.246 e. The molecule has 0 aromatic carbocycles. The van der Waals surface area contributed by atoms with Crippen LogP contribution in [-0.2, 0) is 11.8 Å². The van der Waals surface area contributed by atoms with Crippen LogP contribution in [0.5, 0.6) is 0 Å². The van der Waals surface area contributed by atoms with Crippen LogP contribution in [0.1, 0.15) is 17.4 Å². The molecule has 2 heterocycles. The Hall–Kier alpha value is -2.28. The molecule has 2 aromatic heterocycles. The van der Waals surface area contributed by atoms with E-state index in [0.717, 1.165) is 5.56 Å². The van der Waals surface area contributed by atoms with Crippen LogP contribution >= 0.6 is 0 Å². The summed E-state index contributed by atoms with van der Waals surface area (Å²) in [4.78, 5) is 20.2. The van der Waals surface area contributed by atoms with Crippen LogP contribution in [0.2, 0.25) is 0 Å². The molecule has 2 aromatic rings. The van der Waals surface area contributed by atoms with Crippen LogP contribution in [0.25, 0.3) is 0 Å². The molecule has 0 fully saturated rings. The number of aryl methyl sites for hydroxylation is 2. The molecule has 2 N–H and O–H groups in total. The predicted molar refractivity (Wildman–Crippen MR) is 70.4 cm³/mol. The topological polar surface area (TPSA) is 84.7 Å². The van der Waals surface area contributed by atoms with E-state index in [-0.39, 0.29) is 5.91 Å². The molecule has 0 aliphatic heterocycles. The van der Waals surface area contributed by atoms with E-state index in [9.17, 15) is 4.79 Å². The summed E-state index contributed by atoms with van der Waals surface area (Å²) in [6.07, 6.45) is 6.62. The summed E-state index contributed by atoms with van der Waals surface area (Å²) in [5, 5.41) is 9.78. The van der Waals surface area contributed by atoms with Gasteiger partial charge in [-0.25, -0.2) is 9.97 Å². The maximum atomic E-state index is 12.2. The van der Waals surface area contributed by atoms with Crippen molar-refractivity contribution in [1.29, 1.82) is 0 Å². The van der Waals surface area contributed by atoms with Crippen molar-refractivity contribution < 1.29 is 4.79 Å². The van der Waals surface area contributed by atoms with Crippen molar-refractivity contribution in [3.63, 3.8) is 0 Å². The van der Waals surface area contributed by atoms with Gasteiger partial charge in [-0.05, 0) is 14.0 Å². The largest absolute Gasteiger partial charge is 0.322 e. The Balaban J connectivity index is 2.11. The molecule has 0 saturated heterocycles. The van der Waals surface area contributed by atoms with Gasteiger partial charge in [0.05, 0.1) is 24.3 Å². The lowest BCUT2D eigenvalue weighted by molar-refractivity contribution is -0.118. The lowest BCUT2D eigenvalue weighted by atomic mass is 10.1. The molecule has 1 amide bonds. The van der Waals surface area contributed by atoms with Crippen LogP contribution in [-0.4, -0.2) is 32.7 Å². The third-order valence-corrected chi connectivity index (χ3v) is 2.66. The van der Waals surface area contributed by atoms with Crippen LogP contribution in [0.15, 0.2) is 24.8 Å². The van der Waals surface area contributed by atoms with Crippen molar-refractivity contribution in [2.24, 2.45) is 7.05 Å². The minimum absolute atomic E-state index is 0.178. The molecule has 1 atom stereocenters. The van der Waals surface area contributed by atoms with Gasteiger partial charge in [-0.2, -0.15) is 5.10 Å². The first-order chi connectivity index (χ1) is 9.10. The molecule has 0 bridgehead atoms. The van der Waals surface area contributed by atoms with Gasteiger partial charge in [0.25, 0.3) is 0 Å². The van der Waals surface area contributed by atoms with Gasteiger partial charge in [0, 0.05) is 18.8 Å². The molecule has 7 nitrogen and oxygen atoms in total. The number of carbonyl (C=O) groups is 1. The number of amides is 1. The standard InChI is InChI=1S/C12H16N6O/c1-8-14-5-10(6-15-8)17-12(19)11(13-2)9-4-16-18(3)7-9/h4-7,11,13H,1-3H3,(H,17,19). The monoisotopic (exact) mass is 260 g/mol. The second kappa shape index (κ2) is 5.57. The zero-order valence-corrected chi connectivity index (χ0v) is 11.1. The molecule has 0 saturated carbocycles. The zero-order chi connectivity index (χ0) is 13.8. The Kier molecular flexibility index (Phi) is 3.86. The van der Waals surface area contributed by atoms with Crippen molar-refractivity contribution in [1.82, 2.24) is 25.1 Å². The van der Waals surface area contributed by atoms with E-state index in [1.165, 1.54) is 0 Å². The fourth-order valence-electron chi connectivity index (χ4n) is 1.71. The third-order valence-electron chi connectivity index (χ3n) is 2.66. The molecular weight excluding hydrogens is 244 g/mol. The van der Waals surface area contributed by atoms with E-state index in [4.69, 9.17) is 0 Å². The number of likely N-dealkylation sites (N-methyl/N-ethyl adjacent to an activating group) is 1. The quantitative estimate of drug-likeness (QED) is 0.832. The molecule has 0 spiro atoms. The number of hydrogen-bond donors (Lipinski definition) is 2. The molecule has 100 valence electrons. The maximum absolute atomic E-state index is 12.2. The number of aromatic nitrogens is 4. The van der Waals surface area contributed by atoms with Gasteiger partial charge in [0.2, 0.25) is 5.91 Å². The van der Waals surface area contributed by atoms with Crippen molar-refractivity contribution in [2.45, 2.75) is 13.0 Å². The highest BCUT2D eigenvalue weighted by molar-refractivity contribution is 5.95. The second-order valence-corrected chi connectivity index (χ2v) is 4.18. The molecular formula is C12H16N6O. The minimum Gasteiger partial charge on any atom is -0.322 e. The van der Waals surface area contributed by atoms with Gasteiger partial charge in [0.1, 0.15) is 11.9 Å². The molecule has 19 heavy (non-hydrogen) atoms. The zero-order valence-electron chi connectivity index (χ0n) is 11.1. The summed E-state index contributed by atoms with van der Waals surface area (Å²) in [5.41, 5.74) is 1.37. The van der Waals surface area contributed by atoms with Crippen LogP contribution < -0.4 is 10.6 Å². The molecule has 0 aliphatic carbocycles. The van der Waals surface area contributed by atoms with E-state index < -0.39 is 6.04 Å². The summed E-state index contributed by atoms with van der Waals surface area (Å²) in [6, 6.07) is -0.463. The average Bonchev–Trinajstić information content (AvgIpc) is 2.80. The first-order valence-corrected chi connectivity index (χ1v) is 5.85. The Morgan fingerprint density at radius 1 is 1.32 bits per heavy atom. The Morgan fingerprint density at radius 2 is 2.00 bits per heavy atom. The molecule has 0 aliphatic rings. The number of nitrogens with one attached hydrogen (secondary N) is 2. The number of anilines is 1. The molecule has 2 rings (SSSR count). The van der Waals surface area contributed by atoms with Gasteiger partial charge >= 0.3 is 0 Å². The van der Waals surface area contributed by atoms with E-state index in [0.29, 0.717) is 11.5 Å². The first-order valence-electron chi connectivity index (χ1n) is 5.85. The molecule has 7 heteroatoms. The van der Waals surface area contributed by atoms with Crippen molar-refractivity contribution in [2.75, 3.05) is 12.4 Å². The third kappa shape index (κ3) is 3.14. The highest BCUT2D eigenvalue weighted by Gasteiger charge is 2.20. The van der Waals surface area contributed by atoms with E-state index in [1.807, 2.05) is 7.05 Å². The highest BCUT2D eigenvalue weighted by atomic mass is 16.2.